The van der Waals surface area contributed by atoms with Crippen molar-refractivity contribution in [3.8, 4) is 0 Å². The largest absolute Gasteiger partial charge is 0.391 e. The minimum atomic E-state index is -4.21. The summed E-state index contributed by atoms with van der Waals surface area (Å²) in [7, 11) is -2.54. The summed E-state index contributed by atoms with van der Waals surface area (Å²) >= 11 is 0. The zero-order valence-electron chi connectivity index (χ0n) is 7.97. The second-order valence-corrected chi connectivity index (χ2v) is 5.10. The number of fused-ring (bicyclic) bond motifs is 1. The van der Waals surface area contributed by atoms with Gasteiger partial charge in [0.15, 0.2) is 0 Å². The average Bonchev–Trinajstić information content (AvgIpc) is 2.44. The SMILES string of the molecule is Cn1c(P(=O)(O)O)nc2c1CCCC2. The standard InChI is InChI=1S/C8H13N2O3P/c1-10-7-5-3-2-4-6(7)9-8(10)14(11,12)13/h2-5H2,1H3,(H2,11,12,13). The van der Waals surface area contributed by atoms with Gasteiger partial charge in [-0.1, -0.05) is 0 Å². The van der Waals surface area contributed by atoms with Gasteiger partial charge in [0.25, 0.3) is 0 Å². The molecule has 5 nitrogen and oxygen atoms in total. The van der Waals surface area contributed by atoms with E-state index in [1.54, 1.807) is 11.6 Å². The quantitative estimate of drug-likeness (QED) is 0.653. The molecule has 6 heteroatoms. The smallest absolute Gasteiger partial charge is 0.325 e. The second kappa shape index (κ2) is 3.19. The Balaban J connectivity index is 2.54. The van der Waals surface area contributed by atoms with E-state index in [9.17, 15) is 4.57 Å². The minimum Gasteiger partial charge on any atom is -0.325 e. The highest BCUT2D eigenvalue weighted by atomic mass is 31.2. The van der Waals surface area contributed by atoms with E-state index in [0.717, 1.165) is 37.1 Å². The van der Waals surface area contributed by atoms with Crippen LogP contribution in [0.15, 0.2) is 0 Å². The summed E-state index contributed by atoms with van der Waals surface area (Å²) < 4.78 is 12.6. The van der Waals surface area contributed by atoms with Gasteiger partial charge in [-0.25, -0.2) is 4.98 Å². The zero-order chi connectivity index (χ0) is 10.3. The molecule has 0 atom stereocenters. The van der Waals surface area contributed by atoms with Gasteiger partial charge in [0.2, 0.25) is 5.57 Å². The van der Waals surface area contributed by atoms with Gasteiger partial charge in [-0.2, -0.15) is 0 Å². The van der Waals surface area contributed by atoms with Gasteiger partial charge in [-0.05, 0) is 25.7 Å². The van der Waals surface area contributed by atoms with Crippen LogP contribution in [-0.4, -0.2) is 19.3 Å². The maximum Gasteiger partial charge on any atom is 0.391 e. The molecule has 2 rings (SSSR count). The van der Waals surface area contributed by atoms with Crippen molar-refractivity contribution in [3.63, 3.8) is 0 Å². The number of rotatable bonds is 1. The molecule has 1 heterocycles. The molecule has 1 aliphatic carbocycles. The van der Waals surface area contributed by atoms with Gasteiger partial charge in [-0.3, -0.25) is 4.57 Å². The molecular weight excluding hydrogens is 203 g/mol. The molecule has 0 fully saturated rings. The Morgan fingerprint density at radius 1 is 1.36 bits per heavy atom. The molecule has 14 heavy (non-hydrogen) atoms. The van der Waals surface area contributed by atoms with Crippen LogP contribution in [0.2, 0.25) is 0 Å². The molecule has 1 aromatic rings. The van der Waals surface area contributed by atoms with E-state index in [1.807, 2.05) is 0 Å². The molecule has 0 aliphatic heterocycles. The maximum atomic E-state index is 11.1. The topological polar surface area (TPSA) is 75.4 Å². The molecule has 0 saturated carbocycles. The second-order valence-electron chi connectivity index (χ2n) is 3.62. The van der Waals surface area contributed by atoms with E-state index < -0.39 is 7.60 Å². The predicted molar refractivity (Wildman–Crippen MR) is 51.5 cm³/mol. The third kappa shape index (κ3) is 1.52. The lowest BCUT2D eigenvalue weighted by atomic mass is 10.0. The van der Waals surface area contributed by atoms with Crippen molar-refractivity contribution in [2.45, 2.75) is 25.7 Å². The third-order valence-corrected chi connectivity index (χ3v) is 3.53. The highest BCUT2D eigenvalue weighted by molar-refractivity contribution is 7.59. The Morgan fingerprint density at radius 2 is 2.00 bits per heavy atom. The van der Waals surface area contributed by atoms with E-state index in [-0.39, 0.29) is 5.57 Å². The van der Waals surface area contributed by atoms with Crippen molar-refractivity contribution >= 4 is 13.2 Å². The van der Waals surface area contributed by atoms with Crippen LogP contribution in [-0.2, 0) is 24.5 Å². The van der Waals surface area contributed by atoms with Crippen molar-refractivity contribution in [3.05, 3.63) is 11.4 Å². The van der Waals surface area contributed by atoms with E-state index in [2.05, 4.69) is 4.98 Å². The molecule has 0 radical (unpaired) electrons. The molecule has 2 N–H and O–H groups in total. The lowest BCUT2D eigenvalue weighted by Gasteiger charge is -2.11. The molecule has 0 amide bonds. The zero-order valence-corrected chi connectivity index (χ0v) is 8.87. The van der Waals surface area contributed by atoms with Crippen LogP contribution < -0.4 is 5.57 Å². The molecule has 78 valence electrons. The molecule has 0 spiro atoms. The summed E-state index contributed by atoms with van der Waals surface area (Å²) in [5.74, 6) is 0. The Labute approximate surface area is 81.9 Å². The Morgan fingerprint density at radius 3 is 2.57 bits per heavy atom. The lowest BCUT2D eigenvalue weighted by molar-refractivity contribution is 0.383. The summed E-state index contributed by atoms with van der Waals surface area (Å²) in [5, 5.41) is 0. The summed E-state index contributed by atoms with van der Waals surface area (Å²) in [5.41, 5.74) is 1.75. The molecule has 1 aromatic heterocycles. The molecule has 0 unspecified atom stereocenters. The van der Waals surface area contributed by atoms with Gasteiger partial charge in [0.05, 0.1) is 5.69 Å². The van der Waals surface area contributed by atoms with E-state index in [0.29, 0.717) is 0 Å². The Hall–Kier alpha value is -0.640. The minimum absolute atomic E-state index is 0.0931. The number of hydrogen-bond donors (Lipinski definition) is 2. The monoisotopic (exact) mass is 216 g/mol. The first-order chi connectivity index (χ1) is 6.50. The summed E-state index contributed by atoms with van der Waals surface area (Å²) in [6.07, 6.45) is 3.85. The molecule has 0 saturated heterocycles. The van der Waals surface area contributed by atoms with E-state index in [4.69, 9.17) is 9.79 Å². The van der Waals surface area contributed by atoms with Crippen LogP contribution in [0.4, 0.5) is 0 Å². The Bertz CT molecular complexity index is 407. The van der Waals surface area contributed by atoms with Gasteiger partial charge in [0, 0.05) is 12.7 Å². The molecule has 1 aliphatic rings. The number of hydrogen-bond acceptors (Lipinski definition) is 2. The van der Waals surface area contributed by atoms with Crippen LogP contribution in [0.5, 0.6) is 0 Å². The van der Waals surface area contributed by atoms with Crippen LogP contribution >= 0.6 is 7.60 Å². The fourth-order valence-electron chi connectivity index (χ4n) is 1.93. The third-order valence-electron chi connectivity index (χ3n) is 2.61. The normalized spacial score (nSPS) is 16.8. The van der Waals surface area contributed by atoms with Crippen LogP contribution in [0.25, 0.3) is 0 Å². The van der Waals surface area contributed by atoms with Crippen LogP contribution in [0, 0.1) is 0 Å². The highest BCUT2D eigenvalue weighted by Crippen LogP contribution is 2.34. The number of nitrogens with zero attached hydrogens (tertiary/aromatic N) is 2. The van der Waals surface area contributed by atoms with Gasteiger partial charge < -0.3 is 14.4 Å². The highest BCUT2D eigenvalue weighted by Gasteiger charge is 2.28. The van der Waals surface area contributed by atoms with Crippen molar-refractivity contribution in [2.75, 3.05) is 0 Å². The van der Waals surface area contributed by atoms with Crippen LogP contribution in [0.3, 0.4) is 0 Å². The fraction of sp³-hybridized carbons (Fsp3) is 0.625. The number of imidazole rings is 1. The predicted octanol–water partition coefficient (Wildman–Crippen LogP) is 0.102. The van der Waals surface area contributed by atoms with Crippen molar-refractivity contribution < 1.29 is 14.4 Å². The fourth-order valence-corrected chi connectivity index (χ4v) is 2.69. The van der Waals surface area contributed by atoms with Gasteiger partial charge in [-0.15, -0.1) is 0 Å². The van der Waals surface area contributed by atoms with Gasteiger partial charge >= 0.3 is 7.60 Å². The number of aryl methyl sites for hydroxylation is 1. The van der Waals surface area contributed by atoms with Crippen molar-refractivity contribution in [1.29, 1.82) is 0 Å². The summed E-state index contributed by atoms with van der Waals surface area (Å²) in [6.45, 7) is 0. The van der Waals surface area contributed by atoms with Gasteiger partial charge in [0.1, 0.15) is 0 Å². The van der Waals surface area contributed by atoms with Crippen molar-refractivity contribution in [1.82, 2.24) is 9.55 Å². The molecular formula is C8H13N2O3P. The first kappa shape index (κ1) is 9.90. The average molecular weight is 216 g/mol. The van der Waals surface area contributed by atoms with Crippen molar-refractivity contribution in [2.24, 2.45) is 7.05 Å². The first-order valence-corrected chi connectivity index (χ1v) is 6.22. The maximum absolute atomic E-state index is 11.1. The molecule has 0 bridgehead atoms. The Kier molecular flexibility index (Phi) is 2.26. The molecule has 0 aromatic carbocycles. The van der Waals surface area contributed by atoms with E-state index >= 15 is 0 Å². The summed E-state index contributed by atoms with van der Waals surface area (Å²) in [4.78, 5) is 22.1. The first-order valence-electron chi connectivity index (χ1n) is 4.60. The summed E-state index contributed by atoms with van der Waals surface area (Å²) in [6, 6.07) is 0. The lowest BCUT2D eigenvalue weighted by Crippen LogP contribution is -2.17. The van der Waals surface area contributed by atoms with E-state index in [1.165, 1.54) is 0 Å². The van der Waals surface area contributed by atoms with Crippen LogP contribution in [0.1, 0.15) is 24.2 Å². The number of aromatic nitrogens is 2.